The van der Waals surface area contributed by atoms with Crippen molar-refractivity contribution in [3.8, 4) is 17.2 Å². The second-order valence-corrected chi connectivity index (χ2v) is 7.60. The van der Waals surface area contributed by atoms with Gasteiger partial charge in [0.15, 0.2) is 11.5 Å². The Balaban J connectivity index is 1.15. The van der Waals surface area contributed by atoms with Crippen molar-refractivity contribution in [2.24, 2.45) is 5.10 Å². The van der Waals surface area contributed by atoms with E-state index in [2.05, 4.69) is 22.7 Å². The molecule has 0 aliphatic carbocycles. The summed E-state index contributed by atoms with van der Waals surface area (Å²) in [6.07, 6.45) is 1.57. The Labute approximate surface area is 191 Å². The van der Waals surface area contributed by atoms with Gasteiger partial charge in [-0.3, -0.25) is 4.79 Å². The predicted molar refractivity (Wildman–Crippen MR) is 127 cm³/mol. The number of carbonyl (C=O) groups excluding carboxylic acids is 1. The number of benzene rings is 4. The topological polar surface area (TPSA) is 69.2 Å². The van der Waals surface area contributed by atoms with Crippen molar-refractivity contribution in [2.45, 2.75) is 6.61 Å². The number of nitrogens with one attached hydrogen (secondary N) is 1. The van der Waals surface area contributed by atoms with Gasteiger partial charge in [0.2, 0.25) is 0 Å². The first-order valence-corrected chi connectivity index (χ1v) is 10.7. The van der Waals surface area contributed by atoms with Crippen LogP contribution in [0.25, 0.3) is 10.8 Å². The molecule has 1 aliphatic heterocycles. The minimum atomic E-state index is -0.286. The van der Waals surface area contributed by atoms with E-state index >= 15 is 0 Å². The van der Waals surface area contributed by atoms with E-state index in [4.69, 9.17) is 14.2 Å². The Bertz CT molecular complexity index is 1320. The summed E-state index contributed by atoms with van der Waals surface area (Å²) in [4.78, 5) is 12.4. The van der Waals surface area contributed by atoms with Crippen molar-refractivity contribution in [1.29, 1.82) is 0 Å². The lowest BCUT2D eigenvalue weighted by Gasteiger charge is -2.18. The fraction of sp³-hybridized carbons (Fsp3) is 0.111. The molecule has 0 saturated carbocycles. The number of fused-ring (bicyclic) bond motifs is 2. The summed E-state index contributed by atoms with van der Waals surface area (Å²) in [5.41, 5.74) is 4.84. The van der Waals surface area contributed by atoms with Crippen LogP contribution in [0.1, 0.15) is 21.5 Å². The number of hydrogen-bond acceptors (Lipinski definition) is 5. The summed E-state index contributed by atoms with van der Waals surface area (Å²) in [6, 6.07) is 27.0. The number of amides is 1. The molecule has 0 bridgehead atoms. The summed E-state index contributed by atoms with van der Waals surface area (Å²) in [5, 5.41) is 6.36. The molecule has 0 radical (unpaired) electrons. The van der Waals surface area contributed by atoms with Gasteiger partial charge in [0.05, 0.1) is 6.21 Å². The summed E-state index contributed by atoms with van der Waals surface area (Å²) in [5.74, 6) is 1.92. The number of ether oxygens (including phenoxy) is 3. The average molecular weight is 438 g/mol. The molecule has 0 aromatic heterocycles. The maximum atomic E-state index is 12.4. The van der Waals surface area contributed by atoms with E-state index in [1.807, 2.05) is 60.7 Å². The first-order valence-electron chi connectivity index (χ1n) is 10.7. The van der Waals surface area contributed by atoms with Gasteiger partial charge in [0.1, 0.15) is 25.6 Å². The molecule has 33 heavy (non-hydrogen) atoms. The Morgan fingerprint density at radius 2 is 1.67 bits per heavy atom. The van der Waals surface area contributed by atoms with Gasteiger partial charge in [-0.25, -0.2) is 5.43 Å². The van der Waals surface area contributed by atoms with Crippen LogP contribution in [0.15, 0.2) is 90.0 Å². The summed E-state index contributed by atoms with van der Waals surface area (Å²) in [6.45, 7) is 1.49. The molecular weight excluding hydrogens is 416 g/mol. The molecule has 0 spiro atoms. The first kappa shape index (κ1) is 20.6. The van der Waals surface area contributed by atoms with E-state index < -0.39 is 0 Å². The molecule has 4 aromatic carbocycles. The van der Waals surface area contributed by atoms with Gasteiger partial charge in [-0.05, 0) is 64.4 Å². The maximum absolute atomic E-state index is 12.4. The zero-order valence-electron chi connectivity index (χ0n) is 17.9. The van der Waals surface area contributed by atoms with Crippen LogP contribution >= 0.6 is 0 Å². The third-order valence-electron chi connectivity index (χ3n) is 5.29. The smallest absolute Gasteiger partial charge is 0.271 e. The van der Waals surface area contributed by atoms with Gasteiger partial charge in [-0.1, -0.05) is 42.5 Å². The van der Waals surface area contributed by atoms with Crippen LogP contribution < -0.4 is 19.6 Å². The second-order valence-electron chi connectivity index (χ2n) is 7.60. The molecule has 0 atom stereocenters. The molecule has 0 saturated heterocycles. The molecule has 6 heteroatoms. The first-order chi connectivity index (χ1) is 16.2. The van der Waals surface area contributed by atoms with Gasteiger partial charge >= 0.3 is 0 Å². The quantitative estimate of drug-likeness (QED) is 0.342. The van der Waals surface area contributed by atoms with Gasteiger partial charge in [-0.2, -0.15) is 5.10 Å². The standard InChI is InChI=1S/C27H22N2O4/c30-27(29-28-17-20-7-12-25-26(15-20)32-14-13-31-25)22-8-5-19(6-9-22)18-33-24-11-10-21-3-1-2-4-23(21)16-24/h1-12,15-17H,13-14,18H2,(H,29,30). The fourth-order valence-electron chi connectivity index (χ4n) is 3.55. The lowest BCUT2D eigenvalue weighted by molar-refractivity contribution is 0.0955. The molecular formula is C27H22N2O4. The number of carbonyl (C=O) groups is 1. The highest BCUT2D eigenvalue weighted by atomic mass is 16.6. The monoisotopic (exact) mass is 438 g/mol. The average Bonchev–Trinajstić information content (AvgIpc) is 2.87. The summed E-state index contributed by atoms with van der Waals surface area (Å²) < 4.78 is 17.0. The van der Waals surface area contributed by atoms with E-state index in [9.17, 15) is 4.79 Å². The third kappa shape index (κ3) is 4.96. The molecule has 1 aliphatic rings. The minimum absolute atomic E-state index is 0.286. The maximum Gasteiger partial charge on any atom is 0.271 e. The summed E-state index contributed by atoms with van der Waals surface area (Å²) >= 11 is 0. The van der Waals surface area contributed by atoms with E-state index in [-0.39, 0.29) is 5.91 Å². The number of hydrazone groups is 1. The zero-order chi connectivity index (χ0) is 22.5. The van der Waals surface area contributed by atoms with Crippen LogP contribution in [0.4, 0.5) is 0 Å². The lowest BCUT2D eigenvalue weighted by Crippen LogP contribution is -2.17. The lowest BCUT2D eigenvalue weighted by atomic mass is 10.1. The van der Waals surface area contributed by atoms with Crippen molar-refractivity contribution in [2.75, 3.05) is 13.2 Å². The molecule has 0 fully saturated rings. The van der Waals surface area contributed by atoms with Gasteiger partial charge in [-0.15, -0.1) is 0 Å². The predicted octanol–water partition coefficient (Wildman–Crippen LogP) is 4.95. The van der Waals surface area contributed by atoms with E-state index in [1.54, 1.807) is 18.3 Å². The second kappa shape index (κ2) is 9.44. The minimum Gasteiger partial charge on any atom is -0.489 e. The SMILES string of the molecule is O=C(NN=Cc1ccc2c(c1)OCCO2)c1ccc(COc2ccc3ccccc3c2)cc1. The number of nitrogens with zero attached hydrogens (tertiary/aromatic N) is 1. The molecule has 5 rings (SSSR count). The van der Waals surface area contributed by atoms with E-state index in [0.717, 1.165) is 22.3 Å². The van der Waals surface area contributed by atoms with Crippen LogP contribution in [0.3, 0.4) is 0 Å². The van der Waals surface area contributed by atoms with Crippen LogP contribution in [0, 0.1) is 0 Å². The molecule has 164 valence electrons. The van der Waals surface area contributed by atoms with Gasteiger partial charge in [0, 0.05) is 5.56 Å². The van der Waals surface area contributed by atoms with Crippen molar-refractivity contribution in [1.82, 2.24) is 5.43 Å². The van der Waals surface area contributed by atoms with Crippen molar-refractivity contribution >= 4 is 22.9 Å². The molecule has 6 nitrogen and oxygen atoms in total. The van der Waals surface area contributed by atoms with Gasteiger partial charge in [0.25, 0.3) is 5.91 Å². The van der Waals surface area contributed by atoms with Gasteiger partial charge < -0.3 is 14.2 Å². The zero-order valence-corrected chi connectivity index (χ0v) is 17.9. The van der Waals surface area contributed by atoms with E-state index in [0.29, 0.717) is 36.9 Å². The molecule has 4 aromatic rings. The highest BCUT2D eigenvalue weighted by molar-refractivity contribution is 5.95. The van der Waals surface area contributed by atoms with E-state index in [1.165, 1.54) is 5.39 Å². The third-order valence-corrected chi connectivity index (χ3v) is 5.29. The molecule has 1 amide bonds. The van der Waals surface area contributed by atoms with Crippen LogP contribution in [0.5, 0.6) is 17.2 Å². The normalized spacial score (nSPS) is 12.6. The number of hydrogen-bond donors (Lipinski definition) is 1. The van der Waals surface area contributed by atoms with Crippen LogP contribution in [-0.4, -0.2) is 25.3 Å². The largest absolute Gasteiger partial charge is 0.489 e. The fourth-order valence-corrected chi connectivity index (χ4v) is 3.55. The highest BCUT2D eigenvalue weighted by Crippen LogP contribution is 2.30. The molecule has 1 heterocycles. The molecule has 1 N–H and O–H groups in total. The summed E-state index contributed by atoms with van der Waals surface area (Å²) in [7, 11) is 0. The van der Waals surface area contributed by atoms with Crippen molar-refractivity contribution in [3.63, 3.8) is 0 Å². The Hall–Kier alpha value is -4.32. The Morgan fingerprint density at radius 1 is 0.879 bits per heavy atom. The highest BCUT2D eigenvalue weighted by Gasteiger charge is 2.11. The van der Waals surface area contributed by atoms with Crippen LogP contribution in [0.2, 0.25) is 0 Å². The van der Waals surface area contributed by atoms with Crippen molar-refractivity contribution < 1.29 is 19.0 Å². The molecule has 0 unspecified atom stereocenters. The Kier molecular flexibility index (Phi) is 5.89. The Morgan fingerprint density at radius 3 is 2.52 bits per heavy atom. The van der Waals surface area contributed by atoms with Crippen LogP contribution in [-0.2, 0) is 6.61 Å². The number of rotatable bonds is 6. The van der Waals surface area contributed by atoms with Crippen molar-refractivity contribution in [3.05, 3.63) is 102 Å².